The second-order valence-electron chi connectivity index (χ2n) is 8.01. The zero-order valence-electron chi connectivity index (χ0n) is 16.8. The SMILES string of the molecule is CC(C)C(N)CCN(C)C(=O)C1(NC(=O)NCc2ccccc2)CCCC1. The largest absolute Gasteiger partial charge is 0.344 e. The molecule has 0 aromatic heterocycles. The summed E-state index contributed by atoms with van der Waals surface area (Å²) in [5.74, 6) is 0.377. The van der Waals surface area contributed by atoms with Crippen molar-refractivity contribution >= 4 is 11.9 Å². The first kappa shape index (κ1) is 21.2. The van der Waals surface area contributed by atoms with Gasteiger partial charge in [0, 0.05) is 26.2 Å². The second kappa shape index (κ2) is 9.74. The van der Waals surface area contributed by atoms with Crippen molar-refractivity contribution in [2.45, 2.75) is 64.1 Å². The van der Waals surface area contributed by atoms with E-state index in [0.717, 1.165) is 24.8 Å². The summed E-state index contributed by atoms with van der Waals surface area (Å²) in [4.78, 5) is 27.3. The van der Waals surface area contributed by atoms with Crippen molar-refractivity contribution in [3.8, 4) is 0 Å². The smallest absolute Gasteiger partial charge is 0.315 e. The van der Waals surface area contributed by atoms with Crippen molar-refractivity contribution < 1.29 is 9.59 Å². The van der Waals surface area contributed by atoms with Crippen LogP contribution in [0.5, 0.6) is 0 Å². The van der Waals surface area contributed by atoms with Crippen LogP contribution < -0.4 is 16.4 Å². The molecule has 2 rings (SSSR count). The summed E-state index contributed by atoms with van der Waals surface area (Å²) in [6, 6.07) is 9.52. The molecule has 1 fully saturated rings. The van der Waals surface area contributed by atoms with Crippen LogP contribution in [0.15, 0.2) is 30.3 Å². The molecule has 27 heavy (non-hydrogen) atoms. The fraction of sp³-hybridized carbons (Fsp3) is 0.619. The number of rotatable bonds is 8. The Morgan fingerprint density at radius 1 is 1.19 bits per heavy atom. The van der Waals surface area contributed by atoms with Crippen molar-refractivity contribution in [3.05, 3.63) is 35.9 Å². The Hall–Kier alpha value is -2.08. The van der Waals surface area contributed by atoms with Gasteiger partial charge in [0.1, 0.15) is 5.54 Å². The van der Waals surface area contributed by atoms with E-state index in [0.29, 0.717) is 31.8 Å². The maximum Gasteiger partial charge on any atom is 0.315 e. The molecule has 3 amide bonds. The van der Waals surface area contributed by atoms with Gasteiger partial charge in [0.05, 0.1) is 0 Å². The molecule has 0 bridgehead atoms. The highest BCUT2D eigenvalue weighted by Crippen LogP contribution is 2.31. The van der Waals surface area contributed by atoms with Gasteiger partial charge in [-0.2, -0.15) is 0 Å². The summed E-state index contributed by atoms with van der Waals surface area (Å²) in [7, 11) is 1.80. The molecular formula is C21H34N4O2. The van der Waals surface area contributed by atoms with Crippen LogP contribution in [0.4, 0.5) is 4.79 Å². The van der Waals surface area contributed by atoms with Crippen LogP contribution in [-0.4, -0.2) is 42.0 Å². The van der Waals surface area contributed by atoms with Gasteiger partial charge in [0.15, 0.2) is 0 Å². The predicted octanol–water partition coefficient (Wildman–Crippen LogP) is 2.63. The molecule has 1 aromatic carbocycles. The minimum atomic E-state index is -0.794. The molecule has 150 valence electrons. The Morgan fingerprint density at radius 3 is 2.41 bits per heavy atom. The Bertz CT molecular complexity index is 612. The number of hydrogen-bond donors (Lipinski definition) is 3. The molecule has 1 aromatic rings. The van der Waals surface area contributed by atoms with Gasteiger partial charge in [-0.3, -0.25) is 4.79 Å². The molecule has 1 aliphatic rings. The summed E-state index contributed by atoms with van der Waals surface area (Å²) in [6.45, 7) is 5.22. The molecular weight excluding hydrogens is 340 g/mol. The number of hydrogen-bond acceptors (Lipinski definition) is 3. The highest BCUT2D eigenvalue weighted by atomic mass is 16.2. The number of nitrogens with two attached hydrogens (primary N) is 1. The zero-order valence-corrected chi connectivity index (χ0v) is 16.8. The Morgan fingerprint density at radius 2 is 1.81 bits per heavy atom. The average molecular weight is 375 g/mol. The quantitative estimate of drug-likeness (QED) is 0.654. The van der Waals surface area contributed by atoms with E-state index < -0.39 is 5.54 Å². The fourth-order valence-corrected chi connectivity index (χ4v) is 3.55. The van der Waals surface area contributed by atoms with Gasteiger partial charge in [-0.25, -0.2) is 4.79 Å². The minimum Gasteiger partial charge on any atom is -0.344 e. The number of nitrogens with one attached hydrogen (secondary N) is 2. The second-order valence-corrected chi connectivity index (χ2v) is 8.01. The lowest BCUT2D eigenvalue weighted by molar-refractivity contribution is -0.136. The molecule has 1 unspecified atom stereocenters. The van der Waals surface area contributed by atoms with Crippen molar-refractivity contribution in [3.63, 3.8) is 0 Å². The molecule has 1 atom stereocenters. The monoisotopic (exact) mass is 374 g/mol. The van der Waals surface area contributed by atoms with E-state index in [9.17, 15) is 9.59 Å². The van der Waals surface area contributed by atoms with Crippen LogP contribution in [0, 0.1) is 5.92 Å². The van der Waals surface area contributed by atoms with E-state index >= 15 is 0 Å². The molecule has 0 radical (unpaired) electrons. The molecule has 4 N–H and O–H groups in total. The van der Waals surface area contributed by atoms with Crippen LogP contribution in [0.2, 0.25) is 0 Å². The lowest BCUT2D eigenvalue weighted by atomic mass is 9.95. The zero-order chi connectivity index (χ0) is 19.9. The maximum absolute atomic E-state index is 13.1. The molecule has 1 aliphatic carbocycles. The molecule has 0 aliphatic heterocycles. The van der Waals surface area contributed by atoms with Gasteiger partial charge in [-0.05, 0) is 30.7 Å². The van der Waals surface area contributed by atoms with Gasteiger partial charge in [0.25, 0.3) is 0 Å². The molecule has 0 spiro atoms. The minimum absolute atomic E-state index is 0.00850. The molecule has 0 heterocycles. The Labute approximate surface area is 162 Å². The molecule has 1 saturated carbocycles. The van der Waals surface area contributed by atoms with Gasteiger partial charge in [0.2, 0.25) is 5.91 Å². The summed E-state index contributed by atoms with van der Waals surface area (Å²) in [5.41, 5.74) is 6.34. The van der Waals surface area contributed by atoms with Crippen LogP contribution in [0.1, 0.15) is 51.5 Å². The Balaban J connectivity index is 1.93. The van der Waals surface area contributed by atoms with E-state index in [-0.39, 0.29) is 18.0 Å². The number of amides is 3. The first-order chi connectivity index (χ1) is 12.8. The third-order valence-electron chi connectivity index (χ3n) is 5.52. The summed E-state index contributed by atoms with van der Waals surface area (Å²) >= 11 is 0. The third-order valence-corrected chi connectivity index (χ3v) is 5.52. The molecule has 6 heteroatoms. The first-order valence-electron chi connectivity index (χ1n) is 9.95. The highest BCUT2D eigenvalue weighted by Gasteiger charge is 2.44. The van der Waals surface area contributed by atoms with E-state index in [2.05, 4.69) is 24.5 Å². The standard InChI is InChI=1S/C21H34N4O2/c1-16(2)18(22)11-14-25(3)19(26)21(12-7-8-13-21)24-20(27)23-15-17-9-5-4-6-10-17/h4-6,9-10,16,18H,7-8,11-15,22H2,1-3H3,(H2,23,24,27). The first-order valence-corrected chi connectivity index (χ1v) is 9.95. The lowest BCUT2D eigenvalue weighted by Crippen LogP contribution is -2.59. The van der Waals surface area contributed by atoms with Gasteiger partial charge in [-0.1, -0.05) is 57.0 Å². The number of benzene rings is 1. The predicted molar refractivity (Wildman–Crippen MR) is 108 cm³/mol. The number of urea groups is 1. The van der Waals surface area contributed by atoms with Crippen LogP contribution in [0.25, 0.3) is 0 Å². The number of carbonyl (C=O) groups is 2. The van der Waals surface area contributed by atoms with Crippen molar-refractivity contribution in [1.82, 2.24) is 15.5 Å². The number of carbonyl (C=O) groups excluding carboxylic acids is 2. The lowest BCUT2D eigenvalue weighted by Gasteiger charge is -2.34. The summed E-state index contributed by atoms with van der Waals surface area (Å²) < 4.78 is 0. The molecule has 6 nitrogen and oxygen atoms in total. The van der Waals surface area contributed by atoms with Crippen LogP contribution >= 0.6 is 0 Å². The summed E-state index contributed by atoms with van der Waals surface area (Å²) in [5, 5.41) is 5.85. The van der Waals surface area contributed by atoms with Crippen molar-refractivity contribution in [2.24, 2.45) is 11.7 Å². The van der Waals surface area contributed by atoms with Crippen molar-refractivity contribution in [2.75, 3.05) is 13.6 Å². The average Bonchev–Trinajstić information content (AvgIpc) is 3.13. The van der Waals surface area contributed by atoms with Crippen LogP contribution in [0.3, 0.4) is 0 Å². The van der Waals surface area contributed by atoms with Gasteiger partial charge >= 0.3 is 6.03 Å². The highest BCUT2D eigenvalue weighted by molar-refractivity contribution is 5.91. The van der Waals surface area contributed by atoms with E-state index in [4.69, 9.17) is 5.73 Å². The maximum atomic E-state index is 13.1. The fourth-order valence-electron chi connectivity index (χ4n) is 3.55. The van der Waals surface area contributed by atoms with Gasteiger partial charge < -0.3 is 21.3 Å². The van der Waals surface area contributed by atoms with Crippen LogP contribution in [-0.2, 0) is 11.3 Å². The number of nitrogens with zero attached hydrogens (tertiary/aromatic N) is 1. The summed E-state index contributed by atoms with van der Waals surface area (Å²) in [6.07, 6.45) is 4.03. The molecule has 0 saturated heterocycles. The normalized spacial score (nSPS) is 16.8. The van der Waals surface area contributed by atoms with Crippen molar-refractivity contribution in [1.29, 1.82) is 0 Å². The topological polar surface area (TPSA) is 87.5 Å². The van der Waals surface area contributed by atoms with Gasteiger partial charge in [-0.15, -0.1) is 0 Å². The Kier molecular flexibility index (Phi) is 7.66. The van der Waals surface area contributed by atoms with E-state index in [1.807, 2.05) is 30.3 Å². The van der Waals surface area contributed by atoms with E-state index in [1.54, 1.807) is 11.9 Å². The van der Waals surface area contributed by atoms with E-state index in [1.165, 1.54) is 0 Å². The number of likely N-dealkylation sites (N-methyl/N-ethyl adjacent to an activating group) is 1. The third kappa shape index (κ3) is 5.96.